The van der Waals surface area contributed by atoms with Crippen LogP contribution in [0.4, 0.5) is 5.13 Å². The van der Waals surface area contributed by atoms with Crippen LogP contribution in [-0.2, 0) is 30.9 Å². The molecular formula is C19H22N4O5S3. The van der Waals surface area contributed by atoms with Gasteiger partial charge in [-0.15, -0.1) is 0 Å². The molecule has 2 aromatic heterocycles. The van der Waals surface area contributed by atoms with Crippen molar-refractivity contribution in [2.45, 2.75) is 37.6 Å². The van der Waals surface area contributed by atoms with Crippen LogP contribution in [0.2, 0.25) is 0 Å². The van der Waals surface area contributed by atoms with Gasteiger partial charge in [0.05, 0.1) is 44.8 Å². The molecule has 1 saturated heterocycles. The smallest absolute Gasteiger partial charge is 0.230 e. The lowest BCUT2D eigenvalue weighted by Gasteiger charge is -2.11. The summed E-state index contributed by atoms with van der Waals surface area (Å²) in [6.07, 6.45) is 1.75. The fourth-order valence-electron chi connectivity index (χ4n) is 3.79. The summed E-state index contributed by atoms with van der Waals surface area (Å²) >= 11 is 1.21. The Morgan fingerprint density at radius 2 is 2.06 bits per heavy atom. The number of hydrogen-bond donors (Lipinski definition) is 1. The predicted octanol–water partition coefficient (Wildman–Crippen LogP) is 2.05. The Hall–Kier alpha value is -2.31. The molecule has 9 nitrogen and oxygen atoms in total. The number of rotatable bonds is 5. The Morgan fingerprint density at radius 1 is 1.32 bits per heavy atom. The number of benzene rings is 1. The van der Waals surface area contributed by atoms with Crippen molar-refractivity contribution in [2.75, 3.05) is 23.1 Å². The van der Waals surface area contributed by atoms with E-state index in [0.717, 1.165) is 17.5 Å². The first-order valence-electron chi connectivity index (χ1n) is 9.58. The number of sulfone groups is 2. The molecule has 0 aliphatic carbocycles. The van der Waals surface area contributed by atoms with E-state index in [4.69, 9.17) is 0 Å². The van der Waals surface area contributed by atoms with Crippen molar-refractivity contribution in [2.24, 2.45) is 0 Å². The van der Waals surface area contributed by atoms with Crippen molar-refractivity contribution in [1.82, 2.24) is 14.8 Å². The molecule has 0 radical (unpaired) electrons. The number of carbonyl (C=O) groups is 1. The van der Waals surface area contributed by atoms with Crippen molar-refractivity contribution in [1.29, 1.82) is 0 Å². The van der Waals surface area contributed by atoms with Crippen LogP contribution in [0.1, 0.15) is 29.4 Å². The zero-order valence-electron chi connectivity index (χ0n) is 17.2. The first-order chi connectivity index (χ1) is 14.4. The fourth-order valence-corrected chi connectivity index (χ4v) is 7.12. The Morgan fingerprint density at radius 3 is 2.71 bits per heavy atom. The van der Waals surface area contributed by atoms with E-state index >= 15 is 0 Å². The Labute approximate surface area is 184 Å². The van der Waals surface area contributed by atoms with Crippen LogP contribution >= 0.6 is 11.3 Å². The number of carbonyl (C=O) groups excluding carboxylic acids is 1. The highest BCUT2D eigenvalue weighted by Gasteiger charge is 2.31. The van der Waals surface area contributed by atoms with Crippen LogP contribution in [0.5, 0.6) is 0 Å². The highest BCUT2D eigenvalue weighted by atomic mass is 32.2. The van der Waals surface area contributed by atoms with Gasteiger partial charge < -0.3 is 5.32 Å². The van der Waals surface area contributed by atoms with Crippen LogP contribution < -0.4 is 5.32 Å². The lowest BCUT2D eigenvalue weighted by Crippen LogP contribution is -2.16. The molecule has 1 aliphatic rings. The molecule has 12 heteroatoms. The molecule has 4 rings (SSSR count). The van der Waals surface area contributed by atoms with Gasteiger partial charge in [-0.1, -0.05) is 11.3 Å². The van der Waals surface area contributed by atoms with Crippen LogP contribution in [0.15, 0.2) is 23.1 Å². The van der Waals surface area contributed by atoms with Crippen LogP contribution in [0.3, 0.4) is 0 Å². The van der Waals surface area contributed by atoms with Crippen molar-refractivity contribution in [3.8, 4) is 0 Å². The maximum Gasteiger partial charge on any atom is 0.230 e. The third-order valence-corrected chi connectivity index (χ3v) is 9.20. The predicted molar refractivity (Wildman–Crippen MR) is 119 cm³/mol. The molecule has 1 fully saturated rings. The topological polar surface area (TPSA) is 128 Å². The number of anilines is 1. The van der Waals surface area contributed by atoms with Gasteiger partial charge in [0.2, 0.25) is 5.91 Å². The minimum atomic E-state index is -3.33. The van der Waals surface area contributed by atoms with E-state index in [1.54, 1.807) is 23.7 Å². The molecule has 3 heterocycles. The second-order valence-electron chi connectivity index (χ2n) is 7.80. The van der Waals surface area contributed by atoms with Crippen LogP contribution in [0.25, 0.3) is 10.2 Å². The van der Waals surface area contributed by atoms with Gasteiger partial charge in [0.1, 0.15) is 0 Å². The number of aryl methyl sites for hydroxylation is 1. The minimum absolute atomic E-state index is 0.0712. The van der Waals surface area contributed by atoms with Gasteiger partial charge in [-0.05, 0) is 38.5 Å². The third-order valence-electron chi connectivity index (χ3n) is 5.40. The first kappa shape index (κ1) is 21.9. The van der Waals surface area contributed by atoms with E-state index in [9.17, 15) is 21.6 Å². The van der Waals surface area contributed by atoms with Gasteiger partial charge in [-0.2, -0.15) is 5.10 Å². The molecule has 1 N–H and O–H groups in total. The summed E-state index contributed by atoms with van der Waals surface area (Å²) in [5, 5.41) is 7.64. The molecule has 1 aromatic carbocycles. The van der Waals surface area contributed by atoms with Gasteiger partial charge in [-0.25, -0.2) is 21.8 Å². The van der Waals surface area contributed by atoms with Crippen LogP contribution in [0, 0.1) is 13.8 Å². The molecular weight excluding hydrogens is 460 g/mol. The molecule has 1 atom stereocenters. The van der Waals surface area contributed by atoms with Gasteiger partial charge in [0, 0.05) is 17.5 Å². The summed E-state index contributed by atoms with van der Waals surface area (Å²) < 4.78 is 49.5. The standard InChI is InChI=1S/C19H22N4O5S3/c1-11-15(12(2)23(22-11)13-6-7-31(27,28)10-13)9-18(24)21-19-20-16-5-4-14(30(3,25)26)8-17(16)29-19/h4-5,8,13H,6-7,9-10H2,1-3H3,(H,20,21,24). The van der Waals surface area contributed by atoms with E-state index in [1.165, 1.54) is 17.4 Å². The zero-order valence-corrected chi connectivity index (χ0v) is 19.7. The highest BCUT2D eigenvalue weighted by Crippen LogP contribution is 2.29. The molecule has 1 aliphatic heterocycles. The molecule has 3 aromatic rings. The van der Waals surface area contributed by atoms with E-state index < -0.39 is 19.7 Å². The second kappa shape index (κ2) is 7.68. The largest absolute Gasteiger partial charge is 0.302 e. The fraction of sp³-hybridized carbons (Fsp3) is 0.421. The summed E-state index contributed by atoms with van der Waals surface area (Å²) in [6.45, 7) is 3.65. The molecule has 1 amide bonds. The van der Waals surface area contributed by atoms with Crippen molar-refractivity contribution in [3.05, 3.63) is 35.2 Å². The average molecular weight is 483 g/mol. The lowest BCUT2D eigenvalue weighted by atomic mass is 10.1. The van der Waals surface area contributed by atoms with E-state index in [2.05, 4.69) is 15.4 Å². The number of nitrogens with zero attached hydrogens (tertiary/aromatic N) is 3. The highest BCUT2D eigenvalue weighted by molar-refractivity contribution is 7.91. The Balaban J connectivity index is 1.52. The normalized spacial score (nSPS) is 18.5. The third kappa shape index (κ3) is 4.51. The maximum atomic E-state index is 12.6. The Kier molecular flexibility index (Phi) is 5.42. The molecule has 0 bridgehead atoms. The molecule has 0 saturated carbocycles. The molecule has 0 spiro atoms. The van der Waals surface area contributed by atoms with E-state index in [1.807, 2.05) is 6.92 Å². The SMILES string of the molecule is Cc1nn(C2CCS(=O)(=O)C2)c(C)c1CC(=O)Nc1nc2ccc(S(C)(=O)=O)cc2s1. The van der Waals surface area contributed by atoms with E-state index in [0.29, 0.717) is 27.5 Å². The van der Waals surface area contributed by atoms with Gasteiger partial charge >= 0.3 is 0 Å². The Bertz CT molecular complexity index is 1400. The van der Waals surface area contributed by atoms with Crippen molar-refractivity contribution >= 4 is 52.3 Å². The molecule has 31 heavy (non-hydrogen) atoms. The number of amides is 1. The van der Waals surface area contributed by atoms with Crippen molar-refractivity contribution in [3.63, 3.8) is 0 Å². The number of nitrogens with one attached hydrogen (secondary N) is 1. The van der Waals surface area contributed by atoms with E-state index in [-0.39, 0.29) is 34.8 Å². The number of hydrogen-bond acceptors (Lipinski definition) is 8. The number of aromatic nitrogens is 3. The summed E-state index contributed by atoms with van der Waals surface area (Å²) in [7, 11) is -6.36. The summed E-state index contributed by atoms with van der Waals surface area (Å²) in [5.74, 6) is -0.0427. The van der Waals surface area contributed by atoms with Gasteiger partial charge in [0.15, 0.2) is 24.8 Å². The molecule has 166 valence electrons. The average Bonchev–Trinajstić information content (AvgIpc) is 3.30. The van der Waals surface area contributed by atoms with Crippen LogP contribution in [-0.4, -0.2) is 55.3 Å². The number of fused-ring (bicyclic) bond motifs is 1. The monoisotopic (exact) mass is 482 g/mol. The van der Waals surface area contributed by atoms with Crippen molar-refractivity contribution < 1.29 is 21.6 Å². The van der Waals surface area contributed by atoms with Gasteiger partial charge in [-0.3, -0.25) is 9.48 Å². The summed E-state index contributed by atoms with van der Waals surface area (Å²) in [5.41, 5.74) is 2.86. The second-order valence-corrected chi connectivity index (χ2v) is 13.1. The first-order valence-corrected chi connectivity index (χ1v) is 14.1. The number of thiazole rings is 1. The lowest BCUT2D eigenvalue weighted by molar-refractivity contribution is -0.115. The zero-order chi connectivity index (χ0) is 22.6. The summed E-state index contributed by atoms with van der Waals surface area (Å²) in [4.78, 5) is 17.2. The maximum absolute atomic E-state index is 12.6. The molecule has 1 unspecified atom stereocenters. The van der Waals surface area contributed by atoms with Gasteiger partial charge in [0.25, 0.3) is 0 Å². The quantitative estimate of drug-likeness (QED) is 0.589. The minimum Gasteiger partial charge on any atom is -0.302 e. The summed E-state index contributed by atoms with van der Waals surface area (Å²) in [6, 6.07) is 4.46.